The molecule has 72 valence electrons. The van der Waals surface area contributed by atoms with Gasteiger partial charge in [-0.1, -0.05) is 18.2 Å². The normalized spacial score (nSPS) is 23.9. The lowest BCUT2D eigenvalue weighted by Crippen LogP contribution is -2.20. The highest BCUT2D eigenvalue weighted by molar-refractivity contribution is 5.89. The summed E-state index contributed by atoms with van der Waals surface area (Å²) in [6, 6.07) is 9.77. The molecular formula is C11H12N2O. The van der Waals surface area contributed by atoms with Gasteiger partial charge in [0.05, 0.1) is 0 Å². The molecule has 1 aliphatic heterocycles. The molecule has 1 aromatic rings. The summed E-state index contributed by atoms with van der Waals surface area (Å²) in [6.45, 7) is 2.18. The van der Waals surface area contributed by atoms with Gasteiger partial charge >= 0.3 is 0 Å². The van der Waals surface area contributed by atoms with Gasteiger partial charge in [0, 0.05) is 12.5 Å². The number of Topliss-reactive ketones (excluding diaryl/α,β-unsaturated/α-hetero) is 1. The minimum atomic E-state index is -0.116. The van der Waals surface area contributed by atoms with Gasteiger partial charge in [0.2, 0.25) is 6.04 Å². The third kappa shape index (κ3) is 1.66. The van der Waals surface area contributed by atoms with E-state index in [4.69, 9.17) is 0 Å². The lowest BCUT2D eigenvalue weighted by Gasteiger charge is -2.07. The summed E-state index contributed by atoms with van der Waals surface area (Å²) in [5.41, 5.74) is 5.19. The number of carbonyl (C=O) groups is 1. The third-order valence-corrected chi connectivity index (χ3v) is 2.33. The zero-order valence-corrected chi connectivity index (χ0v) is 8.05. The molecular weight excluding hydrogens is 176 g/mol. The predicted molar refractivity (Wildman–Crippen MR) is 54.6 cm³/mol. The molecule has 1 fully saturated rings. The summed E-state index contributed by atoms with van der Waals surface area (Å²) in [4.78, 5) is 11.2. The smallest absolute Gasteiger partial charge is 0.201 e. The molecule has 1 aliphatic rings. The number of nitrogens with zero attached hydrogens (tertiary/aromatic N) is 2. The predicted octanol–water partition coefficient (Wildman–Crippen LogP) is 1.38. The molecule has 1 atom stereocenters. The topological polar surface area (TPSA) is 34.2 Å². The highest BCUT2D eigenvalue weighted by atomic mass is 16.1. The van der Waals surface area contributed by atoms with E-state index in [0.717, 1.165) is 5.56 Å². The molecule has 0 aliphatic carbocycles. The first kappa shape index (κ1) is 8.94. The van der Waals surface area contributed by atoms with E-state index in [9.17, 15) is 4.79 Å². The minimum Gasteiger partial charge on any atom is -0.432 e. The SMILES string of the molecule is C[C@H]1C(=O)C[N-]/[N+]1=C/c1ccccc1. The summed E-state index contributed by atoms with van der Waals surface area (Å²) in [5, 5.41) is 0. The quantitative estimate of drug-likeness (QED) is 0.613. The van der Waals surface area contributed by atoms with E-state index < -0.39 is 0 Å². The van der Waals surface area contributed by atoms with Crippen molar-refractivity contribution in [2.75, 3.05) is 6.54 Å². The average Bonchev–Trinajstić information content (AvgIpc) is 2.52. The van der Waals surface area contributed by atoms with Crippen molar-refractivity contribution >= 4 is 12.0 Å². The van der Waals surface area contributed by atoms with Crippen molar-refractivity contribution in [3.8, 4) is 0 Å². The van der Waals surface area contributed by atoms with Crippen LogP contribution in [0.1, 0.15) is 12.5 Å². The standard InChI is InChI=1S/C11H12N2O/c1-9-11(14)7-12-13(9)8-10-5-3-2-4-6-10/h2-6,8-9H,7H2,1H3/b13-8+/t9-/m0/s1. The Balaban J connectivity index is 2.24. The van der Waals surface area contributed by atoms with E-state index in [1.165, 1.54) is 0 Å². The van der Waals surface area contributed by atoms with Gasteiger partial charge in [-0.15, -0.1) is 0 Å². The molecule has 3 nitrogen and oxygen atoms in total. The van der Waals surface area contributed by atoms with E-state index in [2.05, 4.69) is 5.43 Å². The fraction of sp³-hybridized carbons (Fsp3) is 0.273. The summed E-state index contributed by atoms with van der Waals surface area (Å²) in [5.74, 6) is 0.178. The molecule has 3 heteroatoms. The van der Waals surface area contributed by atoms with E-state index in [1.54, 1.807) is 4.68 Å². The van der Waals surface area contributed by atoms with E-state index >= 15 is 0 Å². The van der Waals surface area contributed by atoms with Crippen molar-refractivity contribution in [3.05, 3.63) is 41.3 Å². The Morgan fingerprint density at radius 1 is 1.43 bits per heavy atom. The van der Waals surface area contributed by atoms with Crippen molar-refractivity contribution in [2.24, 2.45) is 0 Å². The van der Waals surface area contributed by atoms with Gasteiger partial charge in [0.15, 0.2) is 12.0 Å². The molecule has 1 heterocycles. The zero-order valence-electron chi connectivity index (χ0n) is 8.05. The molecule has 14 heavy (non-hydrogen) atoms. The van der Waals surface area contributed by atoms with Crippen LogP contribution < -0.4 is 0 Å². The van der Waals surface area contributed by atoms with Crippen molar-refractivity contribution in [2.45, 2.75) is 13.0 Å². The largest absolute Gasteiger partial charge is 0.432 e. The lowest BCUT2D eigenvalue weighted by molar-refractivity contribution is -0.483. The van der Waals surface area contributed by atoms with Gasteiger partial charge in [-0.2, -0.15) is 0 Å². The Morgan fingerprint density at radius 2 is 2.14 bits per heavy atom. The number of carbonyl (C=O) groups excluding carboxylic acids is 1. The molecule has 0 saturated carbocycles. The first-order valence-corrected chi connectivity index (χ1v) is 4.66. The molecule has 1 saturated heterocycles. The van der Waals surface area contributed by atoms with Crippen molar-refractivity contribution in [1.29, 1.82) is 0 Å². The second-order valence-electron chi connectivity index (χ2n) is 3.36. The monoisotopic (exact) mass is 188 g/mol. The molecule has 0 amide bonds. The number of hydrogen-bond acceptors (Lipinski definition) is 1. The fourth-order valence-electron chi connectivity index (χ4n) is 1.40. The van der Waals surface area contributed by atoms with E-state index in [-0.39, 0.29) is 11.8 Å². The van der Waals surface area contributed by atoms with Crippen LogP contribution in [0, 0.1) is 0 Å². The summed E-state index contributed by atoms with van der Waals surface area (Å²) < 4.78 is 1.73. The number of hydrogen-bond donors (Lipinski definition) is 0. The van der Waals surface area contributed by atoms with Gasteiger partial charge in [-0.3, -0.25) is 9.48 Å². The van der Waals surface area contributed by atoms with Crippen LogP contribution >= 0.6 is 0 Å². The maximum absolute atomic E-state index is 11.2. The van der Waals surface area contributed by atoms with Crippen molar-refractivity contribution in [1.82, 2.24) is 0 Å². The van der Waals surface area contributed by atoms with Crippen molar-refractivity contribution in [3.63, 3.8) is 0 Å². The maximum Gasteiger partial charge on any atom is 0.201 e. The fourth-order valence-corrected chi connectivity index (χ4v) is 1.40. The molecule has 0 radical (unpaired) electrons. The maximum atomic E-state index is 11.2. The minimum absolute atomic E-state index is 0.116. The number of benzene rings is 1. The van der Waals surface area contributed by atoms with Gasteiger partial charge in [0.1, 0.15) is 0 Å². The summed E-state index contributed by atoms with van der Waals surface area (Å²) in [6.07, 6.45) is 1.90. The van der Waals surface area contributed by atoms with Crippen LogP contribution in [0.3, 0.4) is 0 Å². The number of rotatable bonds is 1. The third-order valence-electron chi connectivity index (χ3n) is 2.33. The van der Waals surface area contributed by atoms with Crippen LogP contribution in [0.5, 0.6) is 0 Å². The van der Waals surface area contributed by atoms with E-state index in [0.29, 0.717) is 6.54 Å². The molecule has 0 bridgehead atoms. The van der Waals surface area contributed by atoms with Crippen LogP contribution in [0.2, 0.25) is 0 Å². The van der Waals surface area contributed by atoms with Gasteiger partial charge in [-0.05, 0) is 18.7 Å². The van der Waals surface area contributed by atoms with Crippen LogP contribution in [0.4, 0.5) is 0 Å². The van der Waals surface area contributed by atoms with Crippen LogP contribution in [-0.4, -0.2) is 29.3 Å². The number of ketones is 1. The van der Waals surface area contributed by atoms with Crippen molar-refractivity contribution < 1.29 is 9.48 Å². The lowest BCUT2D eigenvalue weighted by atomic mass is 10.2. The van der Waals surface area contributed by atoms with Gasteiger partial charge in [-0.25, -0.2) is 0 Å². The highest BCUT2D eigenvalue weighted by Gasteiger charge is 2.23. The van der Waals surface area contributed by atoms with Gasteiger partial charge in [0.25, 0.3) is 0 Å². The second-order valence-corrected chi connectivity index (χ2v) is 3.36. The molecule has 0 aromatic heterocycles. The van der Waals surface area contributed by atoms with Gasteiger partial charge < -0.3 is 5.43 Å². The summed E-state index contributed by atoms with van der Waals surface area (Å²) in [7, 11) is 0. The molecule has 0 N–H and O–H groups in total. The molecule has 1 aromatic carbocycles. The molecule has 2 rings (SSSR count). The van der Waals surface area contributed by atoms with Crippen LogP contribution in [0.25, 0.3) is 5.43 Å². The Kier molecular flexibility index (Phi) is 2.31. The summed E-state index contributed by atoms with van der Waals surface area (Å²) >= 11 is 0. The average molecular weight is 188 g/mol. The molecule has 0 spiro atoms. The Labute approximate surface area is 83.0 Å². The van der Waals surface area contributed by atoms with Crippen LogP contribution in [-0.2, 0) is 4.79 Å². The Hall–Kier alpha value is -1.64. The zero-order chi connectivity index (χ0) is 9.97. The van der Waals surface area contributed by atoms with E-state index in [1.807, 2.05) is 43.5 Å². The Bertz CT molecular complexity index is 370. The second kappa shape index (κ2) is 3.62. The first-order valence-electron chi connectivity index (χ1n) is 4.66. The first-order chi connectivity index (χ1) is 6.77. The Morgan fingerprint density at radius 3 is 2.71 bits per heavy atom. The molecule has 0 unspecified atom stereocenters. The highest BCUT2D eigenvalue weighted by Crippen LogP contribution is 2.10. The van der Waals surface area contributed by atoms with Crippen LogP contribution in [0.15, 0.2) is 30.3 Å².